The second kappa shape index (κ2) is 6.93. The average Bonchev–Trinajstić information content (AvgIpc) is 2.71. The summed E-state index contributed by atoms with van der Waals surface area (Å²) in [6.07, 6.45) is 2.24. The number of hydrogen-bond acceptors (Lipinski definition) is 5. The highest BCUT2D eigenvalue weighted by molar-refractivity contribution is 7.89. The lowest BCUT2D eigenvalue weighted by Crippen LogP contribution is -2.33. The van der Waals surface area contributed by atoms with Crippen molar-refractivity contribution in [3.8, 4) is 11.5 Å². The van der Waals surface area contributed by atoms with Crippen molar-refractivity contribution in [3.63, 3.8) is 0 Å². The summed E-state index contributed by atoms with van der Waals surface area (Å²) in [5.41, 5.74) is 0. The molecule has 0 bridgehead atoms. The molecule has 1 aromatic carbocycles. The third-order valence-electron chi connectivity index (χ3n) is 3.04. The molecule has 1 aromatic rings. The molecule has 1 N–H and O–H groups in total. The fourth-order valence-corrected chi connectivity index (χ4v) is 3.44. The van der Waals surface area contributed by atoms with Crippen LogP contribution in [0.25, 0.3) is 0 Å². The van der Waals surface area contributed by atoms with E-state index in [9.17, 15) is 8.42 Å². The van der Waals surface area contributed by atoms with E-state index in [0.29, 0.717) is 24.7 Å². The molecule has 0 aliphatic carbocycles. The zero-order valence-electron chi connectivity index (χ0n) is 11.7. The van der Waals surface area contributed by atoms with Gasteiger partial charge in [0.05, 0.1) is 24.7 Å². The van der Waals surface area contributed by atoms with Gasteiger partial charge in [-0.2, -0.15) is 4.31 Å². The van der Waals surface area contributed by atoms with Gasteiger partial charge in [0.2, 0.25) is 10.0 Å². The first-order chi connectivity index (χ1) is 10.1. The molecule has 2 rings (SSSR count). The molecule has 6 nitrogen and oxygen atoms in total. The molecule has 0 saturated heterocycles. The Hall–Kier alpha value is -1.57. The standard InChI is InChI=1S/C14H19NO5S/c1-2-6-15(7-8-16)21(17,18)12-4-5-13-14(11-12)20-10-3-9-19-13/h2,4-5,11,16H,1,3,6-10H2. The van der Waals surface area contributed by atoms with Crippen molar-refractivity contribution in [2.75, 3.05) is 32.9 Å². The van der Waals surface area contributed by atoms with Crippen molar-refractivity contribution in [1.29, 1.82) is 0 Å². The van der Waals surface area contributed by atoms with Crippen molar-refractivity contribution in [2.24, 2.45) is 0 Å². The Balaban J connectivity index is 2.35. The van der Waals surface area contributed by atoms with Gasteiger partial charge in [-0.3, -0.25) is 0 Å². The van der Waals surface area contributed by atoms with E-state index in [2.05, 4.69) is 6.58 Å². The molecule has 0 aromatic heterocycles. The largest absolute Gasteiger partial charge is 0.490 e. The normalized spacial score (nSPS) is 14.8. The molecule has 21 heavy (non-hydrogen) atoms. The monoisotopic (exact) mass is 313 g/mol. The van der Waals surface area contributed by atoms with Crippen molar-refractivity contribution >= 4 is 10.0 Å². The van der Waals surface area contributed by atoms with Crippen molar-refractivity contribution in [2.45, 2.75) is 11.3 Å². The molecule has 0 amide bonds. The number of hydrogen-bond donors (Lipinski definition) is 1. The number of ether oxygens (including phenoxy) is 2. The first-order valence-corrected chi connectivity index (χ1v) is 8.15. The number of benzene rings is 1. The lowest BCUT2D eigenvalue weighted by Gasteiger charge is -2.20. The summed E-state index contributed by atoms with van der Waals surface area (Å²) in [6.45, 7) is 4.48. The Morgan fingerprint density at radius 2 is 2.00 bits per heavy atom. The summed E-state index contributed by atoms with van der Waals surface area (Å²) in [5, 5.41) is 9.02. The van der Waals surface area contributed by atoms with Gasteiger partial charge >= 0.3 is 0 Å². The number of sulfonamides is 1. The maximum absolute atomic E-state index is 12.6. The number of aliphatic hydroxyl groups is 1. The molecule has 116 valence electrons. The fourth-order valence-electron chi connectivity index (χ4n) is 2.02. The van der Waals surface area contributed by atoms with E-state index in [4.69, 9.17) is 14.6 Å². The van der Waals surface area contributed by atoms with E-state index in [-0.39, 0.29) is 24.6 Å². The quantitative estimate of drug-likeness (QED) is 0.794. The highest BCUT2D eigenvalue weighted by atomic mass is 32.2. The molecule has 1 aliphatic rings. The Kier molecular flexibility index (Phi) is 5.22. The van der Waals surface area contributed by atoms with Crippen LogP contribution in [0, 0.1) is 0 Å². The van der Waals surface area contributed by atoms with Gasteiger partial charge in [-0.25, -0.2) is 8.42 Å². The van der Waals surface area contributed by atoms with Gasteiger partial charge < -0.3 is 14.6 Å². The highest BCUT2D eigenvalue weighted by Crippen LogP contribution is 2.32. The van der Waals surface area contributed by atoms with Gasteiger partial charge in [-0.05, 0) is 12.1 Å². The van der Waals surface area contributed by atoms with E-state index in [1.54, 1.807) is 6.07 Å². The smallest absolute Gasteiger partial charge is 0.243 e. The van der Waals surface area contributed by atoms with Crippen LogP contribution < -0.4 is 9.47 Å². The number of rotatable bonds is 6. The molecular weight excluding hydrogens is 294 g/mol. The van der Waals surface area contributed by atoms with Gasteiger partial charge in [0, 0.05) is 25.6 Å². The topological polar surface area (TPSA) is 76.1 Å². The Bertz CT molecular complexity index is 599. The highest BCUT2D eigenvalue weighted by Gasteiger charge is 2.25. The second-order valence-electron chi connectivity index (χ2n) is 4.53. The van der Waals surface area contributed by atoms with E-state index in [0.717, 1.165) is 6.42 Å². The van der Waals surface area contributed by atoms with Gasteiger partial charge in [0.25, 0.3) is 0 Å². The number of aliphatic hydroxyl groups excluding tert-OH is 1. The lowest BCUT2D eigenvalue weighted by atomic mass is 10.3. The van der Waals surface area contributed by atoms with Crippen LogP contribution in [0.4, 0.5) is 0 Å². The minimum atomic E-state index is -3.70. The van der Waals surface area contributed by atoms with E-state index in [1.165, 1.54) is 22.5 Å². The predicted octanol–water partition coefficient (Wildman–Crippen LogP) is 1.02. The van der Waals surface area contributed by atoms with Crippen molar-refractivity contribution in [1.82, 2.24) is 4.31 Å². The van der Waals surface area contributed by atoms with Crippen LogP contribution in [0.3, 0.4) is 0 Å². The van der Waals surface area contributed by atoms with Crippen LogP contribution in [-0.4, -0.2) is 50.7 Å². The molecule has 0 unspecified atom stereocenters. The maximum atomic E-state index is 12.6. The molecule has 0 spiro atoms. The summed E-state index contributed by atoms with van der Waals surface area (Å²) < 4.78 is 37.3. The van der Waals surface area contributed by atoms with Crippen molar-refractivity contribution in [3.05, 3.63) is 30.9 Å². The van der Waals surface area contributed by atoms with Gasteiger partial charge in [0.15, 0.2) is 11.5 Å². The Morgan fingerprint density at radius 3 is 2.67 bits per heavy atom. The summed E-state index contributed by atoms with van der Waals surface area (Å²) in [6, 6.07) is 4.54. The van der Waals surface area contributed by atoms with Crippen LogP contribution in [0.1, 0.15) is 6.42 Å². The molecule has 0 atom stereocenters. The fraction of sp³-hybridized carbons (Fsp3) is 0.429. The molecule has 1 heterocycles. The van der Waals surface area contributed by atoms with Crippen LogP contribution in [-0.2, 0) is 10.0 Å². The summed E-state index contributed by atoms with van der Waals surface area (Å²) >= 11 is 0. The summed E-state index contributed by atoms with van der Waals surface area (Å²) in [4.78, 5) is 0.113. The van der Waals surface area contributed by atoms with Gasteiger partial charge in [-0.1, -0.05) is 6.08 Å². The zero-order chi connectivity index (χ0) is 15.3. The predicted molar refractivity (Wildman–Crippen MR) is 78.1 cm³/mol. The van der Waals surface area contributed by atoms with E-state index in [1.807, 2.05) is 0 Å². The van der Waals surface area contributed by atoms with Gasteiger partial charge in [0.1, 0.15) is 0 Å². The third kappa shape index (κ3) is 3.55. The first kappa shape index (κ1) is 15.8. The Labute approximate surface area is 124 Å². The second-order valence-corrected chi connectivity index (χ2v) is 6.47. The molecule has 0 fully saturated rings. The summed E-state index contributed by atoms with van der Waals surface area (Å²) in [5.74, 6) is 0.972. The van der Waals surface area contributed by atoms with Crippen LogP contribution in [0.5, 0.6) is 11.5 Å². The van der Waals surface area contributed by atoms with Crippen LogP contribution >= 0.6 is 0 Å². The molecule has 0 radical (unpaired) electrons. The third-order valence-corrected chi connectivity index (χ3v) is 4.90. The Morgan fingerprint density at radius 1 is 1.29 bits per heavy atom. The minimum Gasteiger partial charge on any atom is -0.490 e. The number of fused-ring (bicyclic) bond motifs is 1. The maximum Gasteiger partial charge on any atom is 0.243 e. The SMILES string of the molecule is C=CCN(CCO)S(=O)(=O)c1ccc2c(c1)OCCCO2. The van der Waals surface area contributed by atoms with E-state index >= 15 is 0 Å². The van der Waals surface area contributed by atoms with Crippen molar-refractivity contribution < 1.29 is 23.0 Å². The molecule has 1 aliphatic heterocycles. The first-order valence-electron chi connectivity index (χ1n) is 6.71. The average molecular weight is 313 g/mol. The van der Waals surface area contributed by atoms with Crippen LogP contribution in [0.15, 0.2) is 35.7 Å². The zero-order valence-corrected chi connectivity index (χ0v) is 12.5. The van der Waals surface area contributed by atoms with Gasteiger partial charge in [-0.15, -0.1) is 6.58 Å². The molecule has 7 heteroatoms. The van der Waals surface area contributed by atoms with Crippen LogP contribution in [0.2, 0.25) is 0 Å². The van der Waals surface area contributed by atoms with E-state index < -0.39 is 10.0 Å². The summed E-state index contributed by atoms with van der Waals surface area (Å²) in [7, 11) is -3.70. The molecular formula is C14H19NO5S. The minimum absolute atomic E-state index is 0.0167. The lowest BCUT2D eigenvalue weighted by molar-refractivity contribution is 0.260. The number of nitrogens with zero attached hydrogens (tertiary/aromatic N) is 1. The molecule has 0 saturated carbocycles.